The molecule has 0 aromatic heterocycles. The standard InChI is InChI=1S/C24H15BrF3NO3/c25-17-11-9-14(10-12-17)20-19(21(30)15-5-2-1-3-6-15)22(31)23(32)29(20)18-8-4-7-16(13-18)24(26,27)28/h1-13,20,30H/b21-19+. The zero-order valence-electron chi connectivity index (χ0n) is 16.3. The number of amides is 1. The number of anilines is 1. The van der Waals surface area contributed by atoms with E-state index in [4.69, 9.17) is 0 Å². The van der Waals surface area contributed by atoms with Gasteiger partial charge in [0.05, 0.1) is 17.2 Å². The smallest absolute Gasteiger partial charge is 0.416 e. The number of hydrogen-bond acceptors (Lipinski definition) is 3. The van der Waals surface area contributed by atoms with Crippen molar-refractivity contribution in [1.82, 2.24) is 0 Å². The fourth-order valence-electron chi connectivity index (χ4n) is 3.64. The number of aliphatic hydroxyl groups is 1. The molecule has 3 aromatic rings. The van der Waals surface area contributed by atoms with Gasteiger partial charge < -0.3 is 5.11 Å². The van der Waals surface area contributed by atoms with Crippen LogP contribution in [0.5, 0.6) is 0 Å². The molecule has 1 unspecified atom stereocenters. The monoisotopic (exact) mass is 501 g/mol. The largest absolute Gasteiger partial charge is 0.507 e. The molecule has 0 spiro atoms. The Hall–Kier alpha value is -3.39. The number of Topliss-reactive ketones (excluding diaryl/α,β-unsaturated/α-hetero) is 1. The van der Waals surface area contributed by atoms with E-state index in [2.05, 4.69) is 15.9 Å². The molecule has 0 aliphatic carbocycles. The SMILES string of the molecule is O=C1C(=O)N(c2cccc(C(F)(F)F)c2)C(c2ccc(Br)cc2)/C1=C(\O)c1ccccc1. The number of alkyl halides is 3. The minimum absolute atomic E-state index is 0.0954. The van der Waals surface area contributed by atoms with Crippen LogP contribution in [-0.2, 0) is 15.8 Å². The van der Waals surface area contributed by atoms with Crippen LogP contribution in [0.15, 0.2) is 88.9 Å². The minimum Gasteiger partial charge on any atom is -0.507 e. The second kappa shape index (κ2) is 8.27. The van der Waals surface area contributed by atoms with Crippen LogP contribution in [0.1, 0.15) is 22.7 Å². The molecule has 4 rings (SSSR count). The van der Waals surface area contributed by atoms with E-state index in [9.17, 15) is 27.9 Å². The predicted molar refractivity (Wildman–Crippen MR) is 117 cm³/mol. The highest BCUT2D eigenvalue weighted by molar-refractivity contribution is 9.10. The fourth-order valence-corrected chi connectivity index (χ4v) is 3.91. The maximum Gasteiger partial charge on any atom is 0.416 e. The molecule has 1 aliphatic rings. The van der Waals surface area contributed by atoms with Crippen molar-refractivity contribution in [1.29, 1.82) is 0 Å². The molecular weight excluding hydrogens is 487 g/mol. The molecule has 4 nitrogen and oxygen atoms in total. The molecule has 1 N–H and O–H groups in total. The molecule has 0 saturated carbocycles. The molecule has 0 radical (unpaired) electrons. The third-order valence-electron chi connectivity index (χ3n) is 5.13. The van der Waals surface area contributed by atoms with Crippen LogP contribution in [0.2, 0.25) is 0 Å². The molecule has 32 heavy (non-hydrogen) atoms. The van der Waals surface area contributed by atoms with Gasteiger partial charge in [-0.1, -0.05) is 64.5 Å². The van der Waals surface area contributed by atoms with E-state index in [0.717, 1.165) is 21.5 Å². The van der Waals surface area contributed by atoms with E-state index < -0.39 is 35.2 Å². The van der Waals surface area contributed by atoms with Crippen molar-refractivity contribution in [3.63, 3.8) is 0 Å². The summed E-state index contributed by atoms with van der Waals surface area (Å²) < 4.78 is 40.6. The predicted octanol–water partition coefficient (Wildman–Crippen LogP) is 6.09. The van der Waals surface area contributed by atoms with Crippen LogP contribution in [0.3, 0.4) is 0 Å². The molecule has 3 aromatic carbocycles. The van der Waals surface area contributed by atoms with Gasteiger partial charge in [-0.25, -0.2) is 0 Å². The lowest BCUT2D eigenvalue weighted by atomic mass is 9.95. The van der Waals surface area contributed by atoms with E-state index in [0.29, 0.717) is 11.1 Å². The van der Waals surface area contributed by atoms with Gasteiger partial charge in [0.2, 0.25) is 0 Å². The summed E-state index contributed by atoms with van der Waals surface area (Å²) in [5.41, 5.74) is -0.462. The van der Waals surface area contributed by atoms with Crippen LogP contribution < -0.4 is 4.90 Å². The summed E-state index contributed by atoms with van der Waals surface area (Å²) >= 11 is 3.32. The lowest BCUT2D eigenvalue weighted by Gasteiger charge is -2.26. The number of nitrogens with zero attached hydrogens (tertiary/aromatic N) is 1. The van der Waals surface area contributed by atoms with Crippen molar-refractivity contribution in [3.8, 4) is 0 Å². The third kappa shape index (κ3) is 3.93. The van der Waals surface area contributed by atoms with E-state index >= 15 is 0 Å². The number of rotatable bonds is 3. The Morgan fingerprint density at radius 1 is 0.906 bits per heavy atom. The van der Waals surface area contributed by atoms with E-state index in [1.54, 1.807) is 54.6 Å². The highest BCUT2D eigenvalue weighted by Gasteiger charge is 2.47. The summed E-state index contributed by atoms with van der Waals surface area (Å²) in [4.78, 5) is 27.0. The fraction of sp³-hybridized carbons (Fsp3) is 0.0833. The number of carbonyl (C=O) groups is 2. The van der Waals surface area contributed by atoms with Crippen LogP contribution >= 0.6 is 15.9 Å². The molecule has 1 fully saturated rings. The number of carbonyl (C=O) groups excluding carboxylic acids is 2. The average Bonchev–Trinajstić information content (AvgIpc) is 3.04. The van der Waals surface area contributed by atoms with Crippen molar-refractivity contribution >= 4 is 39.1 Å². The zero-order valence-corrected chi connectivity index (χ0v) is 17.9. The number of hydrogen-bond donors (Lipinski definition) is 1. The van der Waals surface area contributed by atoms with E-state index in [1.807, 2.05) is 0 Å². The molecule has 1 atom stereocenters. The van der Waals surface area contributed by atoms with E-state index in [-0.39, 0.29) is 11.3 Å². The number of halogens is 4. The number of benzene rings is 3. The van der Waals surface area contributed by atoms with Gasteiger partial charge >= 0.3 is 6.18 Å². The molecule has 1 heterocycles. The van der Waals surface area contributed by atoms with Crippen molar-refractivity contribution in [2.45, 2.75) is 12.2 Å². The minimum atomic E-state index is -4.62. The van der Waals surface area contributed by atoms with Crippen molar-refractivity contribution in [2.75, 3.05) is 4.90 Å². The summed E-state index contributed by atoms with van der Waals surface area (Å²) in [5.74, 6) is -2.39. The van der Waals surface area contributed by atoms with Gasteiger partial charge in [-0.15, -0.1) is 0 Å². The summed E-state index contributed by atoms with van der Waals surface area (Å²) in [7, 11) is 0. The highest BCUT2D eigenvalue weighted by atomic mass is 79.9. The molecule has 162 valence electrons. The zero-order chi connectivity index (χ0) is 23.0. The van der Waals surface area contributed by atoms with Gasteiger partial charge in [-0.2, -0.15) is 13.2 Å². The first-order chi connectivity index (χ1) is 15.2. The second-order valence-electron chi connectivity index (χ2n) is 7.13. The van der Waals surface area contributed by atoms with Crippen molar-refractivity contribution in [2.24, 2.45) is 0 Å². The van der Waals surface area contributed by atoms with Crippen LogP contribution in [0.4, 0.5) is 18.9 Å². The van der Waals surface area contributed by atoms with Crippen LogP contribution in [0.25, 0.3) is 5.76 Å². The summed E-state index contributed by atoms with van der Waals surface area (Å²) in [6.45, 7) is 0. The van der Waals surface area contributed by atoms with Gasteiger partial charge in [-0.3, -0.25) is 14.5 Å². The molecule has 1 amide bonds. The summed E-state index contributed by atoms with van der Waals surface area (Å²) in [6.07, 6.45) is -4.62. The molecular formula is C24H15BrF3NO3. The lowest BCUT2D eigenvalue weighted by molar-refractivity contribution is -0.137. The first-order valence-electron chi connectivity index (χ1n) is 9.47. The maximum atomic E-state index is 13.3. The van der Waals surface area contributed by atoms with Gasteiger partial charge in [0.25, 0.3) is 11.7 Å². The summed E-state index contributed by atoms with van der Waals surface area (Å²) in [5, 5.41) is 10.9. The van der Waals surface area contributed by atoms with Gasteiger partial charge in [0, 0.05) is 15.7 Å². The third-order valence-corrected chi connectivity index (χ3v) is 5.66. The maximum absolute atomic E-state index is 13.3. The Bertz CT molecular complexity index is 1220. The number of ketones is 1. The summed E-state index contributed by atoms with van der Waals surface area (Å²) in [6, 6.07) is 17.9. The average molecular weight is 502 g/mol. The molecule has 8 heteroatoms. The Labute approximate surface area is 189 Å². The number of aliphatic hydroxyl groups excluding tert-OH is 1. The van der Waals surface area contributed by atoms with Gasteiger partial charge in [0.15, 0.2) is 0 Å². The van der Waals surface area contributed by atoms with Crippen molar-refractivity contribution in [3.05, 3.63) is 106 Å². The highest BCUT2D eigenvalue weighted by Crippen LogP contribution is 2.43. The van der Waals surface area contributed by atoms with Gasteiger partial charge in [0.1, 0.15) is 5.76 Å². The quantitative estimate of drug-likeness (QED) is 0.268. The van der Waals surface area contributed by atoms with Crippen LogP contribution in [-0.4, -0.2) is 16.8 Å². The Morgan fingerprint density at radius 3 is 2.19 bits per heavy atom. The van der Waals surface area contributed by atoms with E-state index in [1.165, 1.54) is 12.1 Å². The Balaban J connectivity index is 1.94. The Morgan fingerprint density at radius 2 is 1.56 bits per heavy atom. The normalized spacial score (nSPS) is 18.2. The molecule has 0 bridgehead atoms. The molecule has 1 saturated heterocycles. The second-order valence-corrected chi connectivity index (χ2v) is 8.05. The lowest BCUT2D eigenvalue weighted by Crippen LogP contribution is -2.29. The van der Waals surface area contributed by atoms with Crippen LogP contribution in [0, 0.1) is 0 Å². The Kier molecular flexibility index (Phi) is 5.64. The molecule has 1 aliphatic heterocycles. The van der Waals surface area contributed by atoms with Crippen molar-refractivity contribution < 1.29 is 27.9 Å². The van der Waals surface area contributed by atoms with Gasteiger partial charge in [-0.05, 0) is 35.9 Å². The topological polar surface area (TPSA) is 57.6 Å². The first-order valence-corrected chi connectivity index (χ1v) is 10.3. The first kappa shape index (κ1) is 21.8.